The SMILES string of the molecule is Cc1cc(N2Cc3ccccc3C[C@H]2C)nc(Nc2ccccc2)n1. The van der Waals surface area contributed by atoms with Gasteiger partial charge in [0.2, 0.25) is 5.95 Å². The van der Waals surface area contributed by atoms with Crippen LogP contribution in [0.3, 0.4) is 0 Å². The lowest BCUT2D eigenvalue weighted by Gasteiger charge is -2.36. The van der Waals surface area contributed by atoms with Crippen molar-refractivity contribution in [2.45, 2.75) is 32.9 Å². The van der Waals surface area contributed by atoms with E-state index in [9.17, 15) is 0 Å². The number of aryl methyl sites for hydroxylation is 1. The van der Waals surface area contributed by atoms with Crippen molar-refractivity contribution in [3.63, 3.8) is 0 Å². The van der Waals surface area contributed by atoms with Gasteiger partial charge < -0.3 is 10.2 Å². The molecule has 4 heteroatoms. The smallest absolute Gasteiger partial charge is 0.229 e. The number of aromatic nitrogens is 2. The van der Waals surface area contributed by atoms with Crippen molar-refractivity contribution in [3.8, 4) is 0 Å². The Morgan fingerprint density at radius 3 is 2.48 bits per heavy atom. The Hall–Kier alpha value is -2.88. The van der Waals surface area contributed by atoms with E-state index < -0.39 is 0 Å². The number of nitrogens with zero attached hydrogens (tertiary/aromatic N) is 3. The molecule has 1 aliphatic heterocycles. The highest BCUT2D eigenvalue weighted by molar-refractivity contribution is 5.56. The van der Waals surface area contributed by atoms with Gasteiger partial charge in [-0.1, -0.05) is 42.5 Å². The second-order valence-electron chi connectivity index (χ2n) is 6.63. The lowest BCUT2D eigenvalue weighted by Crippen LogP contribution is -2.39. The van der Waals surface area contributed by atoms with Crippen molar-refractivity contribution < 1.29 is 0 Å². The van der Waals surface area contributed by atoms with E-state index in [1.54, 1.807) is 0 Å². The molecule has 4 rings (SSSR count). The Balaban J connectivity index is 1.64. The monoisotopic (exact) mass is 330 g/mol. The van der Waals surface area contributed by atoms with Crippen LogP contribution in [0.25, 0.3) is 0 Å². The summed E-state index contributed by atoms with van der Waals surface area (Å²) in [6.45, 7) is 5.17. The first-order chi connectivity index (χ1) is 12.2. The molecule has 0 fully saturated rings. The Morgan fingerprint density at radius 2 is 1.68 bits per heavy atom. The third kappa shape index (κ3) is 3.33. The number of anilines is 3. The van der Waals surface area contributed by atoms with Crippen LogP contribution in [0, 0.1) is 6.92 Å². The number of para-hydroxylation sites is 1. The average Bonchev–Trinajstić information content (AvgIpc) is 2.61. The van der Waals surface area contributed by atoms with Gasteiger partial charge in [-0.05, 0) is 43.5 Å². The van der Waals surface area contributed by atoms with E-state index in [0.717, 1.165) is 30.2 Å². The summed E-state index contributed by atoms with van der Waals surface area (Å²) in [5, 5.41) is 3.31. The van der Waals surface area contributed by atoms with Crippen LogP contribution >= 0.6 is 0 Å². The minimum atomic E-state index is 0.411. The van der Waals surface area contributed by atoms with Gasteiger partial charge in [-0.2, -0.15) is 4.98 Å². The van der Waals surface area contributed by atoms with Crippen molar-refractivity contribution >= 4 is 17.5 Å². The lowest BCUT2D eigenvalue weighted by molar-refractivity contribution is 0.586. The molecule has 1 aromatic heterocycles. The first-order valence-corrected chi connectivity index (χ1v) is 8.70. The fourth-order valence-electron chi connectivity index (χ4n) is 3.39. The zero-order chi connectivity index (χ0) is 17.2. The Morgan fingerprint density at radius 1 is 0.960 bits per heavy atom. The molecular formula is C21H22N4. The van der Waals surface area contributed by atoms with E-state index in [1.807, 2.05) is 37.3 Å². The summed E-state index contributed by atoms with van der Waals surface area (Å²) in [5.74, 6) is 1.63. The average molecular weight is 330 g/mol. The van der Waals surface area contributed by atoms with Crippen LogP contribution in [-0.2, 0) is 13.0 Å². The molecule has 2 heterocycles. The number of benzene rings is 2. The highest BCUT2D eigenvalue weighted by atomic mass is 15.2. The highest BCUT2D eigenvalue weighted by Gasteiger charge is 2.24. The van der Waals surface area contributed by atoms with Gasteiger partial charge in [-0.15, -0.1) is 0 Å². The summed E-state index contributed by atoms with van der Waals surface area (Å²) in [6.07, 6.45) is 1.04. The largest absolute Gasteiger partial charge is 0.349 e. The Kier molecular flexibility index (Phi) is 4.10. The zero-order valence-electron chi connectivity index (χ0n) is 14.6. The molecule has 0 saturated carbocycles. The molecule has 0 saturated heterocycles. The number of nitrogens with one attached hydrogen (secondary N) is 1. The molecule has 3 aromatic rings. The Bertz CT molecular complexity index is 876. The van der Waals surface area contributed by atoms with Crippen LogP contribution in [-0.4, -0.2) is 16.0 Å². The molecule has 25 heavy (non-hydrogen) atoms. The van der Waals surface area contributed by atoms with E-state index in [2.05, 4.69) is 52.5 Å². The fraction of sp³-hybridized carbons (Fsp3) is 0.238. The number of rotatable bonds is 3. The van der Waals surface area contributed by atoms with Crippen LogP contribution in [0.1, 0.15) is 23.7 Å². The summed E-state index contributed by atoms with van der Waals surface area (Å²) in [7, 11) is 0. The van der Waals surface area contributed by atoms with E-state index in [1.165, 1.54) is 11.1 Å². The van der Waals surface area contributed by atoms with E-state index in [4.69, 9.17) is 4.98 Å². The third-order valence-electron chi connectivity index (χ3n) is 4.67. The maximum absolute atomic E-state index is 4.78. The van der Waals surface area contributed by atoms with Crippen LogP contribution < -0.4 is 10.2 Å². The maximum atomic E-state index is 4.78. The highest BCUT2D eigenvalue weighted by Crippen LogP contribution is 2.28. The molecule has 0 bridgehead atoms. The summed E-state index contributed by atoms with van der Waals surface area (Å²) in [6, 6.07) is 21.2. The Labute approximate surface area is 148 Å². The number of fused-ring (bicyclic) bond motifs is 1. The van der Waals surface area contributed by atoms with Gasteiger partial charge in [-0.3, -0.25) is 0 Å². The first-order valence-electron chi connectivity index (χ1n) is 8.70. The predicted molar refractivity (Wildman–Crippen MR) is 102 cm³/mol. The molecule has 0 radical (unpaired) electrons. The van der Waals surface area contributed by atoms with Gasteiger partial charge in [0.25, 0.3) is 0 Å². The minimum absolute atomic E-state index is 0.411. The molecule has 0 amide bonds. The summed E-state index contributed by atoms with van der Waals surface area (Å²) in [4.78, 5) is 11.7. The van der Waals surface area contributed by atoms with Crippen molar-refractivity contribution in [2.75, 3.05) is 10.2 Å². The summed E-state index contributed by atoms with van der Waals surface area (Å²) in [5.41, 5.74) is 4.79. The van der Waals surface area contributed by atoms with Gasteiger partial charge in [-0.25, -0.2) is 4.98 Å². The van der Waals surface area contributed by atoms with Gasteiger partial charge in [0.05, 0.1) is 0 Å². The second kappa shape index (κ2) is 6.55. The molecule has 0 unspecified atom stereocenters. The molecule has 1 aliphatic rings. The molecule has 2 aromatic carbocycles. The quantitative estimate of drug-likeness (QED) is 0.769. The van der Waals surface area contributed by atoms with E-state index >= 15 is 0 Å². The van der Waals surface area contributed by atoms with Crippen LogP contribution in [0.15, 0.2) is 60.7 Å². The molecule has 1 N–H and O–H groups in total. The van der Waals surface area contributed by atoms with Crippen molar-refractivity contribution in [2.24, 2.45) is 0 Å². The maximum Gasteiger partial charge on any atom is 0.229 e. The first kappa shape index (κ1) is 15.6. The summed E-state index contributed by atoms with van der Waals surface area (Å²) < 4.78 is 0. The second-order valence-corrected chi connectivity index (χ2v) is 6.63. The molecule has 0 spiro atoms. The lowest BCUT2D eigenvalue weighted by atomic mass is 9.95. The summed E-state index contributed by atoms with van der Waals surface area (Å²) >= 11 is 0. The van der Waals surface area contributed by atoms with Crippen molar-refractivity contribution in [1.82, 2.24) is 9.97 Å². The topological polar surface area (TPSA) is 41.1 Å². The van der Waals surface area contributed by atoms with Crippen LogP contribution in [0.5, 0.6) is 0 Å². The number of hydrogen-bond donors (Lipinski definition) is 1. The van der Waals surface area contributed by atoms with Gasteiger partial charge in [0, 0.05) is 30.0 Å². The molecule has 1 atom stereocenters. The van der Waals surface area contributed by atoms with Gasteiger partial charge in [0.1, 0.15) is 5.82 Å². The van der Waals surface area contributed by atoms with E-state index in [0.29, 0.717) is 12.0 Å². The fourth-order valence-corrected chi connectivity index (χ4v) is 3.39. The molecular weight excluding hydrogens is 308 g/mol. The zero-order valence-corrected chi connectivity index (χ0v) is 14.6. The minimum Gasteiger partial charge on any atom is -0.349 e. The number of hydrogen-bond acceptors (Lipinski definition) is 4. The van der Waals surface area contributed by atoms with Crippen molar-refractivity contribution in [1.29, 1.82) is 0 Å². The van der Waals surface area contributed by atoms with Crippen LogP contribution in [0.2, 0.25) is 0 Å². The third-order valence-corrected chi connectivity index (χ3v) is 4.67. The van der Waals surface area contributed by atoms with Crippen LogP contribution in [0.4, 0.5) is 17.5 Å². The van der Waals surface area contributed by atoms with E-state index in [-0.39, 0.29) is 0 Å². The van der Waals surface area contributed by atoms with Gasteiger partial charge >= 0.3 is 0 Å². The molecule has 0 aliphatic carbocycles. The molecule has 126 valence electrons. The van der Waals surface area contributed by atoms with Crippen molar-refractivity contribution in [3.05, 3.63) is 77.5 Å². The predicted octanol–water partition coefficient (Wildman–Crippen LogP) is 4.48. The standard InChI is InChI=1S/C21H22N4/c1-15-12-20(24-21(22-15)23-19-10-4-3-5-11-19)25-14-18-9-7-6-8-17(18)13-16(25)2/h3-12,16H,13-14H2,1-2H3,(H,22,23,24)/t16-/m1/s1. The molecule has 4 nitrogen and oxygen atoms in total. The normalized spacial score (nSPS) is 16.4. The van der Waals surface area contributed by atoms with Gasteiger partial charge in [0.15, 0.2) is 0 Å².